The number of H-pyrrole nitrogens is 1. The van der Waals surface area contributed by atoms with E-state index in [1.54, 1.807) is 18.5 Å². The number of nitrogens with zero attached hydrogens (tertiary/aromatic N) is 2. The second kappa shape index (κ2) is 5.54. The van der Waals surface area contributed by atoms with E-state index in [0.717, 1.165) is 10.8 Å². The lowest BCUT2D eigenvalue weighted by Gasteiger charge is -2.11. The number of imidazole rings is 1. The molecule has 0 radical (unpaired) electrons. The minimum atomic E-state index is -0.286. The van der Waals surface area contributed by atoms with Gasteiger partial charge >= 0.3 is 0 Å². The van der Waals surface area contributed by atoms with E-state index in [1.807, 2.05) is 31.2 Å². The third kappa shape index (κ3) is 2.73. The van der Waals surface area contributed by atoms with Crippen molar-refractivity contribution in [2.24, 2.45) is 0 Å². The molecule has 0 aliphatic rings. The largest absolute Gasteiger partial charge is 0.347 e. The van der Waals surface area contributed by atoms with Gasteiger partial charge in [-0.3, -0.25) is 4.79 Å². The van der Waals surface area contributed by atoms with Crippen molar-refractivity contribution in [3.63, 3.8) is 0 Å². The normalized spacial score (nSPS) is 12.3. The molecule has 106 valence electrons. The van der Waals surface area contributed by atoms with Crippen molar-refractivity contribution in [3.8, 4) is 0 Å². The number of benzene rings is 1. The Morgan fingerprint density at radius 3 is 2.95 bits per heavy atom. The van der Waals surface area contributed by atoms with Gasteiger partial charge in [0.2, 0.25) is 0 Å². The number of aromatic nitrogens is 3. The van der Waals surface area contributed by atoms with Crippen LogP contribution < -0.4 is 5.32 Å². The molecule has 21 heavy (non-hydrogen) atoms. The van der Waals surface area contributed by atoms with Gasteiger partial charge in [0.25, 0.3) is 5.91 Å². The van der Waals surface area contributed by atoms with Crippen molar-refractivity contribution < 1.29 is 4.79 Å². The number of rotatable bonds is 3. The van der Waals surface area contributed by atoms with Gasteiger partial charge in [-0.2, -0.15) is 0 Å². The molecule has 2 heterocycles. The molecule has 3 aromatic rings. The molecule has 1 amide bonds. The summed E-state index contributed by atoms with van der Waals surface area (Å²) in [5.74, 6) is 0.404. The van der Waals surface area contributed by atoms with Crippen LogP contribution in [-0.2, 0) is 0 Å². The first-order valence-corrected chi connectivity index (χ1v) is 6.88. The van der Waals surface area contributed by atoms with Gasteiger partial charge in [-0.1, -0.05) is 35.9 Å². The average Bonchev–Trinajstić information content (AvgIpc) is 3.01. The van der Waals surface area contributed by atoms with Crippen LogP contribution in [0.25, 0.3) is 10.8 Å². The van der Waals surface area contributed by atoms with Gasteiger partial charge in [0.05, 0.1) is 6.04 Å². The summed E-state index contributed by atoms with van der Waals surface area (Å²) in [6.07, 6.45) is 3.35. The Hall–Kier alpha value is -2.40. The van der Waals surface area contributed by atoms with Crippen molar-refractivity contribution in [2.45, 2.75) is 13.0 Å². The van der Waals surface area contributed by atoms with Crippen LogP contribution in [0.3, 0.4) is 0 Å². The van der Waals surface area contributed by atoms with Crippen LogP contribution in [0.4, 0.5) is 0 Å². The topological polar surface area (TPSA) is 70.7 Å². The van der Waals surface area contributed by atoms with Crippen LogP contribution in [0.1, 0.15) is 29.3 Å². The van der Waals surface area contributed by atoms with E-state index < -0.39 is 0 Å². The Morgan fingerprint density at radius 2 is 2.19 bits per heavy atom. The van der Waals surface area contributed by atoms with Gasteiger partial charge in [-0.05, 0) is 18.4 Å². The highest BCUT2D eigenvalue weighted by atomic mass is 35.5. The van der Waals surface area contributed by atoms with E-state index in [1.165, 1.54) is 0 Å². The predicted molar refractivity (Wildman–Crippen MR) is 81.2 cm³/mol. The maximum Gasteiger partial charge on any atom is 0.270 e. The first-order chi connectivity index (χ1) is 10.1. The number of fused-ring (bicyclic) bond motifs is 1. The minimum Gasteiger partial charge on any atom is -0.347 e. The Kier molecular flexibility index (Phi) is 3.58. The highest BCUT2D eigenvalue weighted by Crippen LogP contribution is 2.22. The Labute approximate surface area is 126 Å². The quantitative estimate of drug-likeness (QED) is 0.730. The molecule has 5 nitrogen and oxygen atoms in total. The van der Waals surface area contributed by atoms with Crippen LogP contribution >= 0.6 is 11.6 Å². The lowest BCUT2D eigenvalue weighted by Crippen LogP contribution is -2.28. The van der Waals surface area contributed by atoms with E-state index in [-0.39, 0.29) is 17.6 Å². The summed E-state index contributed by atoms with van der Waals surface area (Å²) in [7, 11) is 0. The molecule has 0 spiro atoms. The monoisotopic (exact) mass is 300 g/mol. The SMILES string of the molecule is CC(NC(=O)c1cc2ccccc2c(Cl)n1)c1ncc[nH]1. The highest BCUT2D eigenvalue weighted by Gasteiger charge is 2.15. The zero-order valence-corrected chi connectivity index (χ0v) is 12.1. The Bertz CT molecular complexity index is 785. The molecule has 3 rings (SSSR count). The van der Waals surface area contributed by atoms with E-state index in [9.17, 15) is 4.79 Å². The van der Waals surface area contributed by atoms with E-state index in [0.29, 0.717) is 11.0 Å². The molecule has 2 aromatic heterocycles. The first-order valence-electron chi connectivity index (χ1n) is 6.50. The summed E-state index contributed by atoms with van der Waals surface area (Å²) in [4.78, 5) is 23.5. The molecule has 0 aliphatic carbocycles. The third-order valence-corrected chi connectivity index (χ3v) is 3.49. The van der Waals surface area contributed by atoms with E-state index in [4.69, 9.17) is 11.6 Å². The van der Waals surface area contributed by atoms with Crippen molar-refractivity contribution in [1.82, 2.24) is 20.3 Å². The van der Waals surface area contributed by atoms with Gasteiger partial charge in [-0.25, -0.2) is 9.97 Å². The third-order valence-electron chi connectivity index (χ3n) is 3.20. The zero-order chi connectivity index (χ0) is 14.8. The standard InChI is InChI=1S/C15H13ClN4O/c1-9(14-17-6-7-18-14)19-15(21)12-8-10-4-2-3-5-11(10)13(16)20-12/h2-9H,1H3,(H,17,18)(H,19,21). The molecule has 0 fully saturated rings. The van der Waals surface area contributed by atoms with Crippen LogP contribution in [0, 0.1) is 0 Å². The first kappa shape index (κ1) is 13.6. The molecule has 1 unspecified atom stereocenters. The van der Waals surface area contributed by atoms with E-state index >= 15 is 0 Å². The molecular formula is C15H13ClN4O. The molecule has 1 aromatic carbocycles. The fourth-order valence-corrected chi connectivity index (χ4v) is 2.39. The summed E-state index contributed by atoms with van der Waals surface area (Å²) >= 11 is 6.13. The number of carbonyl (C=O) groups is 1. The fraction of sp³-hybridized carbons (Fsp3) is 0.133. The molecule has 0 saturated heterocycles. The lowest BCUT2D eigenvalue weighted by atomic mass is 10.1. The van der Waals surface area contributed by atoms with Crippen LogP contribution in [0.2, 0.25) is 5.15 Å². The maximum atomic E-state index is 12.3. The number of hydrogen-bond donors (Lipinski definition) is 2. The smallest absolute Gasteiger partial charge is 0.270 e. The van der Waals surface area contributed by atoms with Crippen LogP contribution in [-0.4, -0.2) is 20.9 Å². The maximum absolute atomic E-state index is 12.3. The van der Waals surface area contributed by atoms with Crippen molar-refractivity contribution in [2.75, 3.05) is 0 Å². The fourth-order valence-electron chi connectivity index (χ4n) is 2.13. The number of nitrogens with one attached hydrogen (secondary N) is 2. The number of halogens is 1. The number of pyridine rings is 1. The highest BCUT2D eigenvalue weighted by molar-refractivity contribution is 6.34. The van der Waals surface area contributed by atoms with Crippen LogP contribution in [0.15, 0.2) is 42.7 Å². The van der Waals surface area contributed by atoms with Gasteiger partial charge in [0.1, 0.15) is 16.7 Å². The number of carbonyl (C=O) groups excluding carboxylic acids is 1. The van der Waals surface area contributed by atoms with Gasteiger partial charge in [0, 0.05) is 17.8 Å². The molecule has 2 N–H and O–H groups in total. The molecule has 0 aliphatic heterocycles. The summed E-state index contributed by atoms with van der Waals surface area (Å²) in [5.41, 5.74) is 0.289. The molecular weight excluding hydrogens is 288 g/mol. The molecule has 1 atom stereocenters. The van der Waals surface area contributed by atoms with Crippen molar-refractivity contribution in [1.29, 1.82) is 0 Å². The summed E-state index contributed by atoms with van der Waals surface area (Å²) < 4.78 is 0. The molecule has 6 heteroatoms. The van der Waals surface area contributed by atoms with Gasteiger partial charge < -0.3 is 10.3 Å². The molecule has 0 bridgehead atoms. The summed E-state index contributed by atoms with van der Waals surface area (Å²) in [6, 6.07) is 9.04. The van der Waals surface area contributed by atoms with Crippen LogP contribution in [0.5, 0.6) is 0 Å². The van der Waals surface area contributed by atoms with E-state index in [2.05, 4.69) is 20.3 Å². The second-order valence-corrected chi connectivity index (χ2v) is 5.05. The summed E-state index contributed by atoms with van der Waals surface area (Å²) in [5, 5.41) is 4.87. The number of amides is 1. The zero-order valence-electron chi connectivity index (χ0n) is 11.3. The second-order valence-electron chi connectivity index (χ2n) is 4.69. The van der Waals surface area contributed by atoms with Gasteiger partial charge in [0.15, 0.2) is 0 Å². The van der Waals surface area contributed by atoms with Gasteiger partial charge in [-0.15, -0.1) is 0 Å². The summed E-state index contributed by atoms with van der Waals surface area (Å²) in [6.45, 7) is 1.85. The minimum absolute atomic E-state index is 0.237. The van der Waals surface area contributed by atoms with Crippen molar-refractivity contribution in [3.05, 3.63) is 59.4 Å². The average molecular weight is 301 g/mol. The number of hydrogen-bond acceptors (Lipinski definition) is 3. The lowest BCUT2D eigenvalue weighted by molar-refractivity contribution is 0.0933. The predicted octanol–water partition coefficient (Wildman–Crippen LogP) is 3.10. The number of aromatic amines is 1. The molecule has 0 saturated carbocycles. The van der Waals surface area contributed by atoms with Crippen molar-refractivity contribution >= 4 is 28.3 Å². The Morgan fingerprint density at radius 1 is 1.38 bits per heavy atom. The Balaban J connectivity index is 1.88.